The van der Waals surface area contributed by atoms with Crippen molar-refractivity contribution in [3.63, 3.8) is 0 Å². The maximum absolute atomic E-state index is 2.46. The van der Waals surface area contributed by atoms with E-state index in [1.165, 1.54) is 143 Å². The molecule has 0 amide bonds. The second-order valence-electron chi connectivity index (χ2n) is 17.7. The van der Waals surface area contributed by atoms with Crippen molar-refractivity contribution in [2.45, 2.75) is 0 Å². The fraction of sp³-hybridized carbons (Fsp3) is 0. The molecule has 0 spiro atoms. The molecular formula is C66H40. The predicted octanol–water partition coefficient (Wildman–Crippen LogP) is 18.5. The second-order valence-corrected chi connectivity index (χ2v) is 17.7. The first-order valence-electron chi connectivity index (χ1n) is 23.0. The van der Waals surface area contributed by atoms with Gasteiger partial charge < -0.3 is 0 Å². The molecule has 0 unspecified atom stereocenters. The summed E-state index contributed by atoms with van der Waals surface area (Å²) in [7, 11) is 0. The number of rotatable bonds is 6. The van der Waals surface area contributed by atoms with E-state index in [0.29, 0.717) is 0 Å². The molecule has 66 heavy (non-hydrogen) atoms. The van der Waals surface area contributed by atoms with Crippen LogP contribution < -0.4 is 0 Å². The van der Waals surface area contributed by atoms with Crippen molar-refractivity contribution in [2.75, 3.05) is 0 Å². The molecule has 13 aromatic carbocycles. The Morgan fingerprint density at radius 3 is 0.848 bits per heavy atom. The van der Waals surface area contributed by atoms with Gasteiger partial charge in [0.05, 0.1) is 0 Å². The Balaban J connectivity index is 1.24. The van der Waals surface area contributed by atoms with Crippen LogP contribution in [0, 0.1) is 0 Å². The lowest BCUT2D eigenvalue weighted by Crippen LogP contribution is -1.99. The second kappa shape index (κ2) is 14.5. The van der Waals surface area contributed by atoms with Crippen molar-refractivity contribution >= 4 is 53.9 Å². The molecule has 1 aliphatic rings. The van der Waals surface area contributed by atoms with E-state index in [2.05, 4.69) is 243 Å². The number of fused-ring (bicyclic) bond motifs is 6. The molecule has 0 aliphatic heterocycles. The molecular weight excluding hydrogens is 793 g/mol. The third-order valence-corrected chi connectivity index (χ3v) is 14.4. The first-order valence-corrected chi connectivity index (χ1v) is 23.0. The van der Waals surface area contributed by atoms with Crippen LogP contribution in [0.25, 0.3) is 143 Å². The Morgan fingerprint density at radius 2 is 0.470 bits per heavy atom. The molecule has 0 atom stereocenters. The lowest BCUT2D eigenvalue weighted by Gasteiger charge is -2.26. The molecule has 0 fully saturated rings. The van der Waals surface area contributed by atoms with E-state index in [4.69, 9.17) is 0 Å². The van der Waals surface area contributed by atoms with E-state index < -0.39 is 0 Å². The van der Waals surface area contributed by atoms with Gasteiger partial charge in [0.15, 0.2) is 0 Å². The molecule has 0 saturated carbocycles. The van der Waals surface area contributed by atoms with Crippen molar-refractivity contribution < 1.29 is 0 Å². The quantitative estimate of drug-likeness (QED) is 0.116. The van der Waals surface area contributed by atoms with Crippen LogP contribution in [0.3, 0.4) is 0 Å². The molecule has 14 rings (SSSR count). The predicted molar refractivity (Wildman–Crippen MR) is 282 cm³/mol. The average Bonchev–Trinajstić information content (AvgIpc) is 3.73. The van der Waals surface area contributed by atoms with Crippen LogP contribution in [0.4, 0.5) is 0 Å². The average molecular weight is 833 g/mol. The van der Waals surface area contributed by atoms with Gasteiger partial charge in [0.1, 0.15) is 0 Å². The van der Waals surface area contributed by atoms with Crippen LogP contribution in [0.15, 0.2) is 243 Å². The zero-order valence-corrected chi connectivity index (χ0v) is 36.1. The summed E-state index contributed by atoms with van der Waals surface area (Å²) < 4.78 is 0. The first kappa shape index (κ1) is 36.9. The van der Waals surface area contributed by atoms with Crippen molar-refractivity contribution in [3.05, 3.63) is 243 Å². The third-order valence-electron chi connectivity index (χ3n) is 14.4. The Bertz CT molecular complexity index is 3680. The summed E-state index contributed by atoms with van der Waals surface area (Å²) in [5, 5.41) is 13.0. The van der Waals surface area contributed by atoms with Crippen LogP contribution in [0.2, 0.25) is 0 Å². The molecule has 304 valence electrons. The van der Waals surface area contributed by atoms with Gasteiger partial charge in [-0.2, -0.15) is 0 Å². The summed E-state index contributed by atoms with van der Waals surface area (Å²) in [4.78, 5) is 0. The molecule has 0 radical (unpaired) electrons. The van der Waals surface area contributed by atoms with E-state index in [9.17, 15) is 0 Å². The van der Waals surface area contributed by atoms with Gasteiger partial charge in [-0.05, 0) is 143 Å². The molecule has 0 saturated heterocycles. The highest BCUT2D eigenvalue weighted by atomic mass is 14.4. The number of hydrogen-bond acceptors (Lipinski definition) is 0. The first-order chi connectivity index (χ1) is 32.8. The van der Waals surface area contributed by atoms with Gasteiger partial charge in [0.25, 0.3) is 0 Å². The van der Waals surface area contributed by atoms with Crippen molar-refractivity contribution in [1.29, 1.82) is 0 Å². The van der Waals surface area contributed by atoms with E-state index >= 15 is 0 Å². The SMILES string of the molecule is c1ccc(-c2cccc(-c3ccccc3)c2-c2c3c(c(-c4c(-c5ccccc5)cccc4-c4ccccc4)c4ccccc24)-c2ccc4c5cccc6cccc(c7ccc-3c2c74)c65)cc1. The normalized spacial score (nSPS) is 11.9. The molecule has 0 bridgehead atoms. The minimum atomic E-state index is 1.20. The fourth-order valence-corrected chi connectivity index (χ4v) is 11.7. The number of benzene rings is 13. The maximum atomic E-state index is 2.46. The monoisotopic (exact) mass is 832 g/mol. The lowest BCUT2D eigenvalue weighted by atomic mass is 9.76. The Hall–Kier alpha value is -8.58. The third kappa shape index (κ3) is 5.27. The van der Waals surface area contributed by atoms with Crippen LogP contribution in [-0.2, 0) is 0 Å². The van der Waals surface area contributed by atoms with E-state index in [1.54, 1.807) is 0 Å². The summed E-state index contributed by atoms with van der Waals surface area (Å²) in [6, 6.07) is 90.5. The van der Waals surface area contributed by atoms with Gasteiger partial charge >= 0.3 is 0 Å². The van der Waals surface area contributed by atoms with Crippen molar-refractivity contribution in [2.24, 2.45) is 0 Å². The summed E-state index contributed by atoms with van der Waals surface area (Å²) >= 11 is 0. The standard InChI is InChI=1S/C66H40/c1-5-19-41(20-6-1)46-31-17-32-47(42-21-7-2-8-22-42)59(46)63-52-29-13-14-30-53(52)64(60-48(43-23-9-3-10-24-43)33-18-34-49(60)44-25-11-4-12-26-44)66-57-40-38-55-51-36-16-28-45-27-15-35-50(58(45)51)54-37-39-56(65(63)66)62(57)61(54)55/h1-40H. The van der Waals surface area contributed by atoms with E-state index in [0.717, 1.165) is 0 Å². The van der Waals surface area contributed by atoms with Gasteiger partial charge in [-0.1, -0.05) is 243 Å². The highest BCUT2D eigenvalue weighted by molar-refractivity contribution is 6.39. The molecule has 0 nitrogen and oxygen atoms in total. The van der Waals surface area contributed by atoms with Gasteiger partial charge in [0, 0.05) is 0 Å². The maximum Gasteiger partial charge on any atom is -0.000695 e. The Morgan fingerprint density at radius 1 is 0.152 bits per heavy atom. The van der Waals surface area contributed by atoms with Crippen molar-refractivity contribution in [3.8, 4) is 89.0 Å². The topological polar surface area (TPSA) is 0 Å². The molecule has 13 aromatic rings. The smallest absolute Gasteiger partial charge is 0.000695 e. The van der Waals surface area contributed by atoms with Crippen LogP contribution in [0.1, 0.15) is 0 Å². The largest absolute Gasteiger partial charge is 0.0622 e. The molecule has 0 heterocycles. The van der Waals surface area contributed by atoms with Crippen LogP contribution in [-0.4, -0.2) is 0 Å². The zero-order chi connectivity index (χ0) is 43.3. The van der Waals surface area contributed by atoms with Crippen LogP contribution >= 0.6 is 0 Å². The highest BCUT2D eigenvalue weighted by Crippen LogP contribution is 2.62. The molecule has 0 aromatic heterocycles. The van der Waals surface area contributed by atoms with Crippen molar-refractivity contribution in [1.82, 2.24) is 0 Å². The van der Waals surface area contributed by atoms with E-state index in [-0.39, 0.29) is 0 Å². The zero-order valence-electron chi connectivity index (χ0n) is 36.1. The summed E-state index contributed by atoms with van der Waals surface area (Å²) in [6.45, 7) is 0. The van der Waals surface area contributed by atoms with Gasteiger partial charge in [-0.15, -0.1) is 0 Å². The van der Waals surface area contributed by atoms with E-state index in [1.807, 2.05) is 0 Å². The van der Waals surface area contributed by atoms with Gasteiger partial charge in [0.2, 0.25) is 0 Å². The fourth-order valence-electron chi connectivity index (χ4n) is 11.7. The summed E-state index contributed by atoms with van der Waals surface area (Å²) in [5.74, 6) is 0. The Kier molecular flexibility index (Phi) is 8.08. The molecule has 1 aliphatic carbocycles. The van der Waals surface area contributed by atoms with Gasteiger partial charge in [-0.25, -0.2) is 0 Å². The van der Waals surface area contributed by atoms with Gasteiger partial charge in [-0.3, -0.25) is 0 Å². The molecule has 0 N–H and O–H groups in total. The lowest BCUT2D eigenvalue weighted by molar-refractivity contribution is 1.56. The summed E-state index contributed by atoms with van der Waals surface area (Å²) in [5.41, 5.74) is 19.9. The summed E-state index contributed by atoms with van der Waals surface area (Å²) in [6.07, 6.45) is 0. The highest BCUT2D eigenvalue weighted by Gasteiger charge is 2.35. The number of hydrogen-bond donors (Lipinski definition) is 0. The minimum Gasteiger partial charge on any atom is -0.0622 e. The Labute approximate surface area is 383 Å². The minimum absolute atomic E-state index is 1.20. The molecule has 0 heteroatoms. The van der Waals surface area contributed by atoms with Crippen LogP contribution in [0.5, 0.6) is 0 Å².